The van der Waals surface area contributed by atoms with Gasteiger partial charge in [-0.15, -0.1) is 0 Å². The van der Waals surface area contributed by atoms with E-state index in [-0.39, 0.29) is 4.90 Å². The molecule has 0 bridgehead atoms. The second kappa shape index (κ2) is 8.89. The summed E-state index contributed by atoms with van der Waals surface area (Å²) in [6, 6.07) is 16.1. The summed E-state index contributed by atoms with van der Waals surface area (Å²) < 4.78 is 29.2. The molecule has 7 heteroatoms. The van der Waals surface area contributed by atoms with Crippen molar-refractivity contribution in [2.75, 3.05) is 0 Å². The van der Waals surface area contributed by atoms with Gasteiger partial charge in [0.05, 0.1) is 5.57 Å². The summed E-state index contributed by atoms with van der Waals surface area (Å²) in [7, 11) is -3.97. The summed E-state index contributed by atoms with van der Waals surface area (Å²) in [5, 5.41) is 13.6. The Morgan fingerprint density at radius 1 is 1.07 bits per heavy atom. The van der Waals surface area contributed by atoms with Gasteiger partial charge in [-0.25, -0.2) is 0 Å². The van der Waals surface area contributed by atoms with Crippen molar-refractivity contribution in [3.63, 3.8) is 0 Å². The van der Waals surface area contributed by atoms with E-state index in [1.165, 1.54) is 23.9 Å². The van der Waals surface area contributed by atoms with Crippen molar-refractivity contribution < 1.29 is 12.7 Å². The lowest BCUT2D eigenvalue weighted by Crippen LogP contribution is -2.03. The molecular weight excluding hydrogens is 380 g/mol. The van der Waals surface area contributed by atoms with Gasteiger partial charge in [0.1, 0.15) is 16.0 Å². The highest BCUT2D eigenvalue weighted by Crippen LogP contribution is 2.29. The van der Waals surface area contributed by atoms with Crippen LogP contribution >= 0.6 is 11.8 Å². The predicted molar refractivity (Wildman–Crippen MR) is 110 cm³/mol. The molecule has 2 aromatic carbocycles. The number of allylic oxidation sites excluding steroid dienone is 2. The maximum atomic E-state index is 12.2. The molecule has 0 N–H and O–H groups in total. The normalized spacial score (nSPS) is 12.9. The first-order valence-corrected chi connectivity index (χ1v) is 10.4. The Morgan fingerprint density at radius 3 is 2.30 bits per heavy atom. The molecule has 0 aliphatic carbocycles. The zero-order chi connectivity index (χ0) is 20.0. The molecular formula is C20H20N2O3S2. The second-order valence-electron chi connectivity index (χ2n) is 5.91. The highest BCUT2D eigenvalue weighted by atomic mass is 32.2. The van der Waals surface area contributed by atoms with Crippen LogP contribution in [0.5, 0.6) is 0 Å². The first kappa shape index (κ1) is 20.7. The van der Waals surface area contributed by atoms with Crippen LogP contribution in [0.15, 0.2) is 63.5 Å². The minimum atomic E-state index is -3.97. The molecule has 5 nitrogen and oxygen atoms in total. The fraction of sp³-hybridized carbons (Fsp3) is 0.200. The molecule has 0 aliphatic heterocycles. The quantitative estimate of drug-likeness (QED) is 0.304. The number of hydrogen-bond donors (Lipinski definition) is 0. The van der Waals surface area contributed by atoms with Crippen LogP contribution in [0.1, 0.15) is 30.5 Å². The smallest absolute Gasteiger partial charge is 0.264 e. The van der Waals surface area contributed by atoms with Crippen molar-refractivity contribution in [1.29, 1.82) is 5.26 Å². The van der Waals surface area contributed by atoms with E-state index in [1.807, 2.05) is 38.1 Å². The number of rotatable bonds is 5. The van der Waals surface area contributed by atoms with E-state index in [2.05, 4.69) is 11.2 Å². The third-order valence-electron chi connectivity index (χ3n) is 3.75. The topological polar surface area (TPSA) is 79.5 Å². The predicted octanol–water partition coefficient (Wildman–Crippen LogP) is 5.03. The Balaban J connectivity index is 2.20. The number of aryl methyl sites for hydroxylation is 2. The zero-order valence-corrected chi connectivity index (χ0v) is 17.2. The highest BCUT2D eigenvalue weighted by Gasteiger charge is 2.16. The van der Waals surface area contributed by atoms with Crippen molar-refractivity contribution in [3.05, 3.63) is 70.1 Å². The van der Waals surface area contributed by atoms with Gasteiger partial charge in [0.15, 0.2) is 0 Å². The van der Waals surface area contributed by atoms with E-state index in [0.717, 1.165) is 16.7 Å². The van der Waals surface area contributed by atoms with E-state index in [9.17, 15) is 13.7 Å². The molecule has 0 saturated heterocycles. The molecule has 0 radical (unpaired) electrons. The van der Waals surface area contributed by atoms with Crippen LogP contribution in [0.4, 0.5) is 0 Å². The summed E-state index contributed by atoms with van der Waals surface area (Å²) in [6.45, 7) is 7.23. The third-order valence-corrected chi connectivity index (χ3v) is 5.75. The van der Waals surface area contributed by atoms with Gasteiger partial charge in [0.25, 0.3) is 0 Å². The first-order chi connectivity index (χ1) is 12.7. The molecule has 0 aromatic heterocycles. The maximum absolute atomic E-state index is 12.2. The molecule has 0 atom stereocenters. The summed E-state index contributed by atoms with van der Waals surface area (Å²) >= 11 is 1.19. The van der Waals surface area contributed by atoms with Crippen molar-refractivity contribution in [2.45, 2.75) is 32.6 Å². The van der Waals surface area contributed by atoms with Crippen molar-refractivity contribution in [2.24, 2.45) is 5.16 Å². The number of thioether (sulfide) groups is 1. The molecule has 0 unspecified atom stereocenters. The number of nitriles is 1. The van der Waals surface area contributed by atoms with Gasteiger partial charge < -0.3 is 0 Å². The average molecular weight is 401 g/mol. The van der Waals surface area contributed by atoms with Gasteiger partial charge in [-0.05, 0) is 51.0 Å². The minimum Gasteiger partial charge on any atom is -0.264 e. The molecule has 2 aromatic rings. The second-order valence-corrected chi connectivity index (χ2v) is 8.85. The van der Waals surface area contributed by atoms with Crippen LogP contribution in [0.2, 0.25) is 0 Å². The molecule has 0 heterocycles. The summed E-state index contributed by atoms with van der Waals surface area (Å²) in [5.41, 5.74) is 3.30. The first-order valence-electron chi connectivity index (χ1n) is 8.14. The monoisotopic (exact) mass is 400 g/mol. The van der Waals surface area contributed by atoms with Crippen LogP contribution in [0.3, 0.4) is 0 Å². The summed E-state index contributed by atoms with van der Waals surface area (Å²) in [5.74, 6) is 0. The zero-order valence-electron chi connectivity index (χ0n) is 15.6. The van der Waals surface area contributed by atoms with Gasteiger partial charge in [-0.2, -0.15) is 13.7 Å². The van der Waals surface area contributed by atoms with Crippen LogP contribution in [0.25, 0.3) is 5.57 Å². The van der Waals surface area contributed by atoms with E-state index in [1.54, 1.807) is 26.0 Å². The fourth-order valence-electron chi connectivity index (χ4n) is 2.32. The van der Waals surface area contributed by atoms with Crippen molar-refractivity contribution in [1.82, 2.24) is 0 Å². The Hall–Kier alpha value is -2.56. The molecule has 0 saturated carbocycles. The van der Waals surface area contributed by atoms with E-state index < -0.39 is 10.1 Å². The van der Waals surface area contributed by atoms with Gasteiger partial charge in [0, 0.05) is 4.91 Å². The molecule has 0 amide bonds. The number of oxime groups is 1. The molecule has 2 rings (SSSR count). The highest BCUT2D eigenvalue weighted by molar-refractivity contribution is 8.17. The van der Waals surface area contributed by atoms with Crippen LogP contribution in [0, 0.1) is 25.2 Å². The fourth-order valence-corrected chi connectivity index (χ4v) is 3.91. The lowest BCUT2D eigenvalue weighted by Gasteiger charge is -2.08. The van der Waals surface area contributed by atoms with Gasteiger partial charge >= 0.3 is 10.1 Å². The number of benzene rings is 2. The molecule has 0 fully saturated rings. The number of hydrogen-bond acceptors (Lipinski definition) is 6. The minimum absolute atomic E-state index is 0.0412. The van der Waals surface area contributed by atoms with E-state index in [0.29, 0.717) is 15.5 Å². The number of nitrogens with zero attached hydrogens (tertiary/aromatic N) is 2. The van der Waals surface area contributed by atoms with Gasteiger partial charge in [0.2, 0.25) is 0 Å². The summed E-state index contributed by atoms with van der Waals surface area (Å²) in [6.07, 6.45) is 0. The SMILES string of the molecule is CC(=NOS(=O)(=O)c1ccc(C)cc1)SC(C)=C(C#N)c1ccccc1C. The van der Waals surface area contributed by atoms with Gasteiger partial charge in [-0.1, -0.05) is 58.9 Å². The Labute approximate surface area is 164 Å². The maximum Gasteiger partial charge on any atom is 0.358 e. The average Bonchev–Trinajstić information content (AvgIpc) is 2.63. The molecule has 0 aliphatic rings. The summed E-state index contributed by atoms with van der Waals surface area (Å²) in [4.78, 5) is 0.754. The Bertz CT molecular complexity index is 1030. The Kier molecular flexibility index (Phi) is 6.83. The lowest BCUT2D eigenvalue weighted by molar-refractivity contribution is 0.340. The van der Waals surface area contributed by atoms with E-state index >= 15 is 0 Å². The molecule has 0 spiro atoms. The third kappa shape index (κ3) is 5.46. The lowest BCUT2D eigenvalue weighted by atomic mass is 10.0. The standard InChI is InChI=1S/C20H20N2O3S2/c1-14-9-11-18(12-10-14)27(23,24)25-22-17(4)26-16(3)20(13-21)19-8-6-5-7-15(19)2/h5-12H,1-4H3. The van der Waals surface area contributed by atoms with Crippen LogP contribution in [-0.2, 0) is 14.4 Å². The largest absolute Gasteiger partial charge is 0.358 e. The molecule has 27 heavy (non-hydrogen) atoms. The van der Waals surface area contributed by atoms with Crippen LogP contribution < -0.4 is 0 Å². The van der Waals surface area contributed by atoms with E-state index in [4.69, 9.17) is 4.28 Å². The van der Waals surface area contributed by atoms with Crippen LogP contribution in [-0.4, -0.2) is 13.5 Å². The van der Waals surface area contributed by atoms with Crippen molar-refractivity contribution in [3.8, 4) is 6.07 Å². The Morgan fingerprint density at radius 2 is 1.70 bits per heavy atom. The van der Waals surface area contributed by atoms with Gasteiger partial charge in [-0.3, -0.25) is 4.28 Å². The van der Waals surface area contributed by atoms with Crippen molar-refractivity contribution >= 4 is 32.5 Å². The molecule has 140 valence electrons.